The molecule has 0 saturated heterocycles. The zero-order chi connectivity index (χ0) is 13.8. The molecule has 0 amide bonds. The molecule has 108 valence electrons. The van der Waals surface area contributed by atoms with Crippen molar-refractivity contribution in [3.05, 3.63) is 23.8 Å². The summed E-state index contributed by atoms with van der Waals surface area (Å²) in [6.45, 7) is 2.70. The summed E-state index contributed by atoms with van der Waals surface area (Å²) in [5.74, 6) is -0.874. The monoisotopic (exact) mass is 272 g/mol. The molecule has 1 saturated carbocycles. The average molecular weight is 272 g/mol. The fourth-order valence-corrected chi connectivity index (χ4v) is 2.49. The van der Waals surface area contributed by atoms with E-state index in [1.807, 2.05) is 0 Å². The van der Waals surface area contributed by atoms with Crippen LogP contribution in [-0.2, 0) is 0 Å². The average Bonchev–Trinajstić information content (AvgIpc) is 2.42. The summed E-state index contributed by atoms with van der Waals surface area (Å²) in [4.78, 5) is 0. The van der Waals surface area contributed by atoms with Gasteiger partial charge in [-0.25, -0.2) is 0 Å². The van der Waals surface area contributed by atoms with Gasteiger partial charge in [0.05, 0.1) is 13.7 Å². The Labute approximate surface area is 114 Å². The van der Waals surface area contributed by atoms with Crippen LogP contribution >= 0.6 is 0 Å². The molecule has 0 atom stereocenters. The number of benzene rings is 1. The van der Waals surface area contributed by atoms with Crippen LogP contribution in [0, 0.1) is 23.5 Å². The van der Waals surface area contributed by atoms with Crippen LogP contribution in [0.15, 0.2) is 12.1 Å². The second-order valence-corrected chi connectivity index (χ2v) is 5.33. The molecule has 1 aliphatic carbocycles. The number of hydrogen-bond acceptors (Lipinski definition) is 2. The molecule has 0 bridgehead atoms. The van der Waals surface area contributed by atoms with E-state index >= 15 is 0 Å². The maximum absolute atomic E-state index is 13.7. The topological polar surface area (TPSA) is 18.5 Å². The van der Waals surface area contributed by atoms with Gasteiger partial charge in [0.15, 0.2) is 11.5 Å². The minimum atomic E-state index is -0.989. The van der Waals surface area contributed by atoms with Crippen molar-refractivity contribution in [3.63, 3.8) is 0 Å². The predicted molar refractivity (Wildman–Crippen MR) is 71.6 cm³/mol. The third-order valence-corrected chi connectivity index (χ3v) is 3.84. The van der Waals surface area contributed by atoms with E-state index < -0.39 is 11.6 Å². The van der Waals surface area contributed by atoms with Gasteiger partial charge in [-0.3, -0.25) is 0 Å². The fourth-order valence-electron chi connectivity index (χ4n) is 2.49. The second kappa shape index (κ2) is 6.22. The normalized spacial score (nSPS) is 23.2. The Morgan fingerprint density at radius 2 is 1.68 bits per heavy atom. The molecule has 2 nitrogen and oxygen atoms in total. The Hall–Kier alpha value is -1.32. The molecule has 1 aliphatic rings. The number of hydrogen-bond donors (Lipinski definition) is 0. The number of rotatable bonds is 4. The van der Waals surface area contributed by atoms with Crippen LogP contribution in [0.4, 0.5) is 8.78 Å². The summed E-state index contributed by atoms with van der Waals surface area (Å²) in [5.41, 5.74) is 0. The zero-order valence-corrected chi connectivity index (χ0v) is 11.4. The van der Waals surface area contributed by atoms with E-state index in [0.29, 0.717) is 12.5 Å². The van der Waals surface area contributed by atoms with Gasteiger partial charge in [-0.2, -0.15) is 8.78 Å². The molecule has 2 rings (SSSR count). The van der Waals surface area contributed by atoms with Crippen LogP contribution in [0.3, 0.4) is 0 Å². The molecule has 0 heterocycles. The standard InChI is InChI=1S/C15H20F2O2.H2/c1-10-3-5-11(6-4-10)9-19-13-8-7-12(18-2)14(16)15(13)17;/h7-8,10-11H,3-6,9H2,1-2H3;1H. The van der Waals surface area contributed by atoms with E-state index in [1.165, 1.54) is 32.1 Å². The van der Waals surface area contributed by atoms with Gasteiger partial charge in [0, 0.05) is 1.43 Å². The van der Waals surface area contributed by atoms with E-state index in [-0.39, 0.29) is 12.9 Å². The maximum atomic E-state index is 13.7. The van der Waals surface area contributed by atoms with Gasteiger partial charge in [-0.1, -0.05) is 19.8 Å². The Kier molecular flexibility index (Phi) is 4.61. The highest BCUT2D eigenvalue weighted by atomic mass is 19.2. The Bertz CT molecular complexity index is 432. The molecule has 1 aromatic carbocycles. The summed E-state index contributed by atoms with van der Waals surface area (Å²) < 4.78 is 37.3. The first-order valence-electron chi connectivity index (χ1n) is 6.76. The lowest BCUT2D eigenvalue weighted by Crippen LogP contribution is -2.19. The van der Waals surface area contributed by atoms with Crippen LogP contribution in [0.25, 0.3) is 0 Å². The fraction of sp³-hybridized carbons (Fsp3) is 0.600. The van der Waals surface area contributed by atoms with Crippen LogP contribution < -0.4 is 9.47 Å². The highest BCUT2D eigenvalue weighted by Crippen LogP contribution is 2.31. The molecule has 0 unspecified atom stereocenters. The lowest BCUT2D eigenvalue weighted by molar-refractivity contribution is 0.181. The van der Waals surface area contributed by atoms with E-state index in [4.69, 9.17) is 9.47 Å². The van der Waals surface area contributed by atoms with Crippen molar-refractivity contribution in [3.8, 4) is 11.5 Å². The highest BCUT2D eigenvalue weighted by molar-refractivity contribution is 5.34. The van der Waals surface area contributed by atoms with E-state index in [1.54, 1.807) is 0 Å². The van der Waals surface area contributed by atoms with Crippen molar-refractivity contribution in [1.82, 2.24) is 0 Å². The highest BCUT2D eigenvalue weighted by Gasteiger charge is 2.20. The molecule has 0 aromatic heterocycles. The van der Waals surface area contributed by atoms with Crippen LogP contribution in [-0.4, -0.2) is 13.7 Å². The first-order chi connectivity index (χ1) is 9.11. The number of methoxy groups -OCH3 is 1. The Balaban J connectivity index is 0.00000200. The predicted octanol–water partition coefficient (Wildman–Crippen LogP) is 4.42. The zero-order valence-electron chi connectivity index (χ0n) is 11.4. The number of halogens is 2. The van der Waals surface area contributed by atoms with Gasteiger partial charge in [0.2, 0.25) is 11.6 Å². The largest absolute Gasteiger partial charge is 0.494 e. The minimum absolute atomic E-state index is 0. The Morgan fingerprint density at radius 1 is 1.11 bits per heavy atom. The summed E-state index contributed by atoms with van der Waals surface area (Å²) in [6.07, 6.45) is 4.57. The molecule has 1 aromatic rings. The van der Waals surface area contributed by atoms with Crippen molar-refractivity contribution in [2.24, 2.45) is 11.8 Å². The molecular formula is C15H22F2O2. The molecular weight excluding hydrogens is 250 g/mol. The van der Waals surface area contributed by atoms with Crippen LogP contribution in [0.1, 0.15) is 34.0 Å². The van der Waals surface area contributed by atoms with Crippen molar-refractivity contribution >= 4 is 0 Å². The third kappa shape index (κ3) is 3.37. The van der Waals surface area contributed by atoms with Gasteiger partial charge in [0.25, 0.3) is 0 Å². The summed E-state index contributed by atoms with van der Waals surface area (Å²) in [6, 6.07) is 2.80. The van der Waals surface area contributed by atoms with E-state index in [9.17, 15) is 8.78 Å². The lowest BCUT2D eigenvalue weighted by Gasteiger charge is -2.26. The number of ether oxygens (including phenoxy) is 2. The molecule has 19 heavy (non-hydrogen) atoms. The smallest absolute Gasteiger partial charge is 0.204 e. The molecule has 1 fully saturated rings. The Morgan fingerprint density at radius 3 is 2.32 bits per heavy atom. The lowest BCUT2D eigenvalue weighted by atomic mass is 9.83. The SMILES string of the molecule is COc1ccc(OCC2CCC(C)CC2)c(F)c1F.[HH]. The van der Waals surface area contributed by atoms with E-state index in [0.717, 1.165) is 18.8 Å². The van der Waals surface area contributed by atoms with Crippen LogP contribution in [0.2, 0.25) is 0 Å². The van der Waals surface area contributed by atoms with Gasteiger partial charge < -0.3 is 9.47 Å². The molecule has 4 heteroatoms. The third-order valence-electron chi connectivity index (χ3n) is 3.84. The molecule has 0 spiro atoms. The van der Waals surface area contributed by atoms with Crippen molar-refractivity contribution < 1.29 is 19.7 Å². The van der Waals surface area contributed by atoms with Crippen molar-refractivity contribution in [1.29, 1.82) is 0 Å². The quantitative estimate of drug-likeness (QED) is 0.807. The van der Waals surface area contributed by atoms with Gasteiger partial charge in [0.1, 0.15) is 0 Å². The van der Waals surface area contributed by atoms with Gasteiger partial charge in [-0.15, -0.1) is 0 Å². The summed E-state index contributed by atoms with van der Waals surface area (Å²) in [5, 5.41) is 0. The molecule has 0 radical (unpaired) electrons. The molecule has 0 aliphatic heterocycles. The van der Waals surface area contributed by atoms with Gasteiger partial charge in [-0.05, 0) is 36.8 Å². The summed E-state index contributed by atoms with van der Waals surface area (Å²) in [7, 11) is 1.31. The van der Waals surface area contributed by atoms with Crippen LogP contribution in [0.5, 0.6) is 11.5 Å². The first-order valence-corrected chi connectivity index (χ1v) is 6.76. The van der Waals surface area contributed by atoms with Crippen molar-refractivity contribution in [2.45, 2.75) is 32.6 Å². The maximum Gasteiger partial charge on any atom is 0.204 e. The van der Waals surface area contributed by atoms with Gasteiger partial charge >= 0.3 is 0 Å². The van der Waals surface area contributed by atoms with E-state index in [2.05, 4.69) is 6.92 Å². The van der Waals surface area contributed by atoms with Crippen molar-refractivity contribution in [2.75, 3.05) is 13.7 Å². The minimum Gasteiger partial charge on any atom is -0.494 e. The molecule has 0 N–H and O–H groups in total. The summed E-state index contributed by atoms with van der Waals surface area (Å²) >= 11 is 0. The second-order valence-electron chi connectivity index (χ2n) is 5.33. The first kappa shape index (κ1) is 14.1.